The monoisotopic (exact) mass is 301 g/mol. The van der Waals surface area contributed by atoms with Crippen molar-refractivity contribution in [1.29, 1.82) is 0 Å². The molecule has 21 heavy (non-hydrogen) atoms. The second-order valence-electron chi connectivity index (χ2n) is 4.59. The molecule has 0 saturated carbocycles. The molecule has 2 aromatic carbocycles. The maximum Gasteiger partial charge on any atom is 0.120 e. The molecule has 0 radical (unpaired) electrons. The van der Waals surface area contributed by atoms with Crippen molar-refractivity contribution in [2.24, 2.45) is 5.73 Å². The van der Waals surface area contributed by atoms with Crippen molar-refractivity contribution in [3.8, 4) is 5.75 Å². The van der Waals surface area contributed by atoms with Crippen LogP contribution < -0.4 is 10.5 Å². The fourth-order valence-electron chi connectivity index (χ4n) is 1.89. The molecule has 4 heteroatoms. The molecule has 0 unspecified atom stereocenters. The van der Waals surface area contributed by atoms with Crippen LogP contribution in [-0.2, 0) is 11.2 Å². The van der Waals surface area contributed by atoms with E-state index in [1.54, 1.807) is 0 Å². The maximum absolute atomic E-state index is 5.61. The molecule has 2 N–H and O–H groups in total. The molecule has 0 atom stereocenters. The van der Waals surface area contributed by atoms with E-state index in [1.165, 1.54) is 5.56 Å². The van der Waals surface area contributed by atoms with Gasteiger partial charge in [0, 0.05) is 5.56 Å². The van der Waals surface area contributed by atoms with Crippen LogP contribution in [0.15, 0.2) is 54.6 Å². The molecule has 110 valence electrons. The summed E-state index contributed by atoms with van der Waals surface area (Å²) in [6, 6.07) is 17.7. The fraction of sp³-hybridized carbons (Fsp3) is 0.235. The third kappa shape index (κ3) is 5.53. The summed E-state index contributed by atoms with van der Waals surface area (Å²) in [6.07, 6.45) is 0.914. The highest BCUT2D eigenvalue weighted by molar-refractivity contribution is 7.80. The zero-order chi connectivity index (χ0) is 14.9. The second kappa shape index (κ2) is 8.39. The molecule has 0 amide bonds. The van der Waals surface area contributed by atoms with Crippen LogP contribution in [0.25, 0.3) is 0 Å². The normalized spacial score (nSPS) is 10.3. The lowest BCUT2D eigenvalue weighted by molar-refractivity contribution is 0.102. The van der Waals surface area contributed by atoms with Gasteiger partial charge in [-0.15, -0.1) is 0 Å². The Bertz CT molecular complexity index is 572. The molecule has 0 bridgehead atoms. The molecule has 0 aliphatic carbocycles. The molecular formula is C17H19NO2S. The van der Waals surface area contributed by atoms with E-state index in [4.69, 9.17) is 27.4 Å². The summed E-state index contributed by atoms with van der Waals surface area (Å²) in [5, 5.41) is 0. The molecular weight excluding hydrogens is 282 g/mol. The lowest BCUT2D eigenvalue weighted by Crippen LogP contribution is -2.11. The van der Waals surface area contributed by atoms with Gasteiger partial charge in [-0.3, -0.25) is 0 Å². The van der Waals surface area contributed by atoms with Crippen molar-refractivity contribution >= 4 is 17.2 Å². The van der Waals surface area contributed by atoms with Crippen molar-refractivity contribution in [2.45, 2.75) is 6.42 Å². The van der Waals surface area contributed by atoms with E-state index in [9.17, 15) is 0 Å². The van der Waals surface area contributed by atoms with Crippen molar-refractivity contribution in [3.63, 3.8) is 0 Å². The van der Waals surface area contributed by atoms with E-state index >= 15 is 0 Å². The van der Waals surface area contributed by atoms with E-state index in [1.807, 2.05) is 42.5 Å². The molecule has 0 spiro atoms. The Labute approximate surface area is 130 Å². The zero-order valence-electron chi connectivity index (χ0n) is 11.8. The molecule has 0 heterocycles. The fourth-order valence-corrected chi connectivity index (χ4v) is 2.02. The van der Waals surface area contributed by atoms with Crippen LogP contribution in [0.4, 0.5) is 0 Å². The van der Waals surface area contributed by atoms with Crippen LogP contribution in [-0.4, -0.2) is 24.8 Å². The summed E-state index contributed by atoms with van der Waals surface area (Å²) < 4.78 is 11.2. The van der Waals surface area contributed by atoms with Gasteiger partial charge < -0.3 is 15.2 Å². The topological polar surface area (TPSA) is 44.5 Å². The Morgan fingerprint density at radius 3 is 2.52 bits per heavy atom. The summed E-state index contributed by atoms with van der Waals surface area (Å²) in [4.78, 5) is 0.375. The lowest BCUT2D eigenvalue weighted by Gasteiger charge is -2.08. The summed E-state index contributed by atoms with van der Waals surface area (Å²) in [6.45, 7) is 1.76. The Kier molecular flexibility index (Phi) is 6.19. The molecule has 2 rings (SSSR count). The number of thiocarbonyl (C=S) groups is 1. The van der Waals surface area contributed by atoms with Gasteiger partial charge in [0.2, 0.25) is 0 Å². The first-order valence-electron chi connectivity index (χ1n) is 6.90. The Balaban J connectivity index is 1.64. The molecule has 0 aromatic heterocycles. The zero-order valence-corrected chi connectivity index (χ0v) is 12.6. The van der Waals surface area contributed by atoms with Crippen LogP contribution in [0.3, 0.4) is 0 Å². The van der Waals surface area contributed by atoms with Gasteiger partial charge in [0.05, 0.1) is 13.2 Å². The highest BCUT2D eigenvalue weighted by Crippen LogP contribution is 2.13. The van der Waals surface area contributed by atoms with E-state index in [-0.39, 0.29) is 0 Å². The van der Waals surface area contributed by atoms with Gasteiger partial charge >= 0.3 is 0 Å². The molecule has 0 saturated heterocycles. The van der Waals surface area contributed by atoms with Gasteiger partial charge in [-0.1, -0.05) is 54.7 Å². The van der Waals surface area contributed by atoms with E-state index < -0.39 is 0 Å². The highest BCUT2D eigenvalue weighted by atomic mass is 32.1. The number of benzene rings is 2. The third-order valence-electron chi connectivity index (χ3n) is 2.99. The van der Waals surface area contributed by atoms with E-state index in [2.05, 4.69) is 12.1 Å². The van der Waals surface area contributed by atoms with Crippen molar-refractivity contribution in [1.82, 2.24) is 0 Å². The van der Waals surface area contributed by atoms with Gasteiger partial charge in [0.1, 0.15) is 17.3 Å². The van der Waals surface area contributed by atoms with Gasteiger partial charge in [0.25, 0.3) is 0 Å². The van der Waals surface area contributed by atoms with Crippen molar-refractivity contribution < 1.29 is 9.47 Å². The van der Waals surface area contributed by atoms with Crippen molar-refractivity contribution in [3.05, 3.63) is 65.7 Å². The summed E-state index contributed by atoms with van der Waals surface area (Å²) in [7, 11) is 0. The Morgan fingerprint density at radius 1 is 0.952 bits per heavy atom. The minimum Gasteiger partial charge on any atom is -0.491 e. The standard InChI is InChI=1S/C17H19NO2S/c18-17(21)15-7-4-8-16(13-15)20-12-11-19-10-9-14-5-2-1-3-6-14/h1-8,13H,9-12H2,(H2,18,21). The number of hydrogen-bond acceptors (Lipinski definition) is 3. The van der Waals surface area contributed by atoms with E-state index in [0.29, 0.717) is 24.8 Å². The molecule has 2 aromatic rings. The Morgan fingerprint density at radius 2 is 1.76 bits per heavy atom. The number of hydrogen-bond donors (Lipinski definition) is 1. The average molecular weight is 301 g/mol. The second-order valence-corrected chi connectivity index (χ2v) is 5.03. The van der Waals surface area contributed by atoms with Gasteiger partial charge in [-0.05, 0) is 24.1 Å². The summed E-state index contributed by atoms with van der Waals surface area (Å²) in [5.41, 5.74) is 7.68. The summed E-state index contributed by atoms with van der Waals surface area (Å²) in [5.74, 6) is 0.756. The molecule has 0 fully saturated rings. The van der Waals surface area contributed by atoms with Crippen molar-refractivity contribution in [2.75, 3.05) is 19.8 Å². The van der Waals surface area contributed by atoms with Gasteiger partial charge in [-0.25, -0.2) is 0 Å². The Hall–Kier alpha value is -1.91. The quantitative estimate of drug-likeness (QED) is 0.601. The maximum atomic E-state index is 5.61. The van der Waals surface area contributed by atoms with Gasteiger partial charge in [0.15, 0.2) is 0 Å². The first kappa shape index (κ1) is 15.5. The van der Waals surface area contributed by atoms with Crippen LogP contribution in [0.5, 0.6) is 5.75 Å². The van der Waals surface area contributed by atoms with Crippen LogP contribution in [0.2, 0.25) is 0 Å². The minimum atomic E-state index is 0.375. The molecule has 0 aliphatic heterocycles. The van der Waals surface area contributed by atoms with Crippen LogP contribution in [0.1, 0.15) is 11.1 Å². The largest absolute Gasteiger partial charge is 0.491 e. The average Bonchev–Trinajstić information content (AvgIpc) is 2.52. The number of nitrogens with two attached hydrogens (primary N) is 1. The predicted molar refractivity (Wildman–Crippen MR) is 88.8 cm³/mol. The van der Waals surface area contributed by atoms with Crippen LogP contribution in [0, 0.1) is 0 Å². The van der Waals surface area contributed by atoms with E-state index in [0.717, 1.165) is 17.7 Å². The molecule has 0 aliphatic rings. The molecule has 3 nitrogen and oxygen atoms in total. The van der Waals surface area contributed by atoms with Crippen LogP contribution >= 0.6 is 12.2 Å². The smallest absolute Gasteiger partial charge is 0.120 e. The third-order valence-corrected chi connectivity index (χ3v) is 3.23. The SMILES string of the molecule is NC(=S)c1cccc(OCCOCCc2ccccc2)c1. The predicted octanol–water partition coefficient (Wildman–Crippen LogP) is 2.96. The first-order valence-corrected chi connectivity index (χ1v) is 7.31. The van der Waals surface area contributed by atoms with Gasteiger partial charge in [-0.2, -0.15) is 0 Å². The number of ether oxygens (including phenoxy) is 2. The first-order chi connectivity index (χ1) is 10.3. The summed E-state index contributed by atoms with van der Waals surface area (Å²) >= 11 is 4.94. The minimum absolute atomic E-state index is 0.375. The lowest BCUT2D eigenvalue weighted by atomic mass is 10.2. The number of rotatable bonds is 8. The highest BCUT2D eigenvalue weighted by Gasteiger charge is 1.99.